The standard InChI is InChI=1S/C10H9ClN2O/c11-9(10(13)14)5-7-1-3-8(6-12)4-2-7/h1-4,9H,5H2,(H2,13,14). The Morgan fingerprint density at radius 2 is 2.07 bits per heavy atom. The van der Waals surface area contributed by atoms with Crippen LogP contribution in [0.1, 0.15) is 11.1 Å². The highest BCUT2D eigenvalue weighted by Gasteiger charge is 2.11. The van der Waals surface area contributed by atoms with Gasteiger partial charge in [-0.2, -0.15) is 5.26 Å². The molecule has 2 N–H and O–H groups in total. The van der Waals surface area contributed by atoms with E-state index in [1.165, 1.54) is 0 Å². The van der Waals surface area contributed by atoms with Crippen molar-refractivity contribution in [2.24, 2.45) is 5.73 Å². The predicted molar refractivity (Wildman–Crippen MR) is 53.7 cm³/mol. The normalized spacial score (nSPS) is 11.7. The van der Waals surface area contributed by atoms with Crippen LogP contribution in [0.2, 0.25) is 0 Å². The summed E-state index contributed by atoms with van der Waals surface area (Å²) in [6.07, 6.45) is 0.391. The summed E-state index contributed by atoms with van der Waals surface area (Å²) >= 11 is 5.68. The first-order chi connectivity index (χ1) is 6.63. The Labute approximate surface area is 87.1 Å². The molecule has 1 amide bonds. The highest BCUT2D eigenvalue weighted by molar-refractivity contribution is 6.30. The van der Waals surface area contributed by atoms with Crippen LogP contribution in [-0.2, 0) is 11.2 Å². The molecule has 0 aliphatic carbocycles. The van der Waals surface area contributed by atoms with Crippen LogP contribution in [0.4, 0.5) is 0 Å². The minimum Gasteiger partial charge on any atom is -0.368 e. The largest absolute Gasteiger partial charge is 0.368 e. The molecular weight excluding hydrogens is 200 g/mol. The lowest BCUT2D eigenvalue weighted by Gasteiger charge is -2.04. The summed E-state index contributed by atoms with van der Waals surface area (Å²) in [6.45, 7) is 0. The maximum absolute atomic E-state index is 10.7. The van der Waals surface area contributed by atoms with Gasteiger partial charge in [-0.3, -0.25) is 4.79 Å². The molecule has 0 aromatic heterocycles. The Hall–Kier alpha value is -1.53. The highest BCUT2D eigenvalue weighted by Crippen LogP contribution is 2.09. The fourth-order valence-corrected chi connectivity index (χ4v) is 1.20. The molecule has 3 nitrogen and oxygen atoms in total. The zero-order valence-electron chi connectivity index (χ0n) is 7.40. The number of carbonyl (C=O) groups is 1. The second-order valence-corrected chi connectivity index (χ2v) is 3.41. The van der Waals surface area contributed by atoms with Crippen molar-refractivity contribution in [1.29, 1.82) is 5.26 Å². The molecule has 0 saturated carbocycles. The number of rotatable bonds is 3. The summed E-state index contributed by atoms with van der Waals surface area (Å²) in [4.78, 5) is 10.7. The maximum Gasteiger partial charge on any atom is 0.235 e. The van der Waals surface area contributed by atoms with E-state index in [0.717, 1.165) is 5.56 Å². The number of nitriles is 1. The topological polar surface area (TPSA) is 66.9 Å². The smallest absolute Gasteiger partial charge is 0.235 e. The number of halogens is 1. The van der Waals surface area contributed by atoms with Crippen molar-refractivity contribution in [1.82, 2.24) is 0 Å². The lowest BCUT2D eigenvalue weighted by molar-refractivity contribution is -0.117. The van der Waals surface area contributed by atoms with E-state index >= 15 is 0 Å². The highest BCUT2D eigenvalue weighted by atomic mass is 35.5. The van der Waals surface area contributed by atoms with Gasteiger partial charge in [0.05, 0.1) is 11.6 Å². The minimum atomic E-state index is -0.692. The summed E-state index contributed by atoms with van der Waals surface area (Å²) in [6, 6.07) is 8.89. The molecule has 14 heavy (non-hydrogen) atoms. The zero-order valence-corrected chi connectivity index (χ0v) is 8.16. The molecule has 1 rings (SSSR count). The van der Waals surface area contributed by atoms with Gasteiger partial charge in [-0.1, -0.05) is 12.1 Å². The van der Waals surface area contributed by atoms with Crippen LogP contribution in [-0.4, -0.2) is 11.3 Å². The molecule has 0 bridgehead atoms. The molecule has 0 aliphatic heterocycles. The molecular formula is C10H9ClN2O. The monoisotopic (exact) mass is 208 g/mol. The van der Waals surface area contributed by atoms with Crippen LogP contribution < -0.4 is 5.73 Å². The zero-order chi connectivity index (χ0) is 10.6. The van der Waals surface area contributed by atoms with Crippen LogP contribution in [0.3, 0.4) is 0 Å². The van der Waals surface area contributed by atoms with Gasteiger partial charge in [0.1, 0.15) is 5.38 Å². The number of amides is 1. The summed E-state index contributed by atoms with van der Waals surface area (Å²) in [7, 11) is 0. The Morgan fingerprint density at radius 1 is 1.50 bits per heavy atom. The Morgan fingerprint density at radius 3 is 2.50 bits per heavy atom. The van der Waals surface area contributed by atoms with Gasteiger partial charge >= 0.3 is 0 Å². The molecule has 0 spiro atoms. The van der Waals surface area contributed by atoms with Crippen LogP contribution >= 0.6 is 11.6 Å². The van der Waals surface area contributed by atoms with Crippen molar-refractivity contribution in [3.05, 3.63) is 35.4 Å². The fourth-order valence-electron chi connectivity index (χ4n) is 1.02. The van der Waals surface area contributed by atoms with Gasteiger partial charge in [0.2, 0.25) is 5.91 Å². The molecule has 1 unspecified atom stereocenters. The Kier molecular flexibility index (Phi) is 3.49. The summed E-state index contributed by atoms with van der Waals surface area (Å²) in [5.74, 6) is -0.531. The molecule has 0 aliphatic rings. The molecule has 1 atom stereocenters. The number of hydrogen-bond donors (Lipinski definition) is 1. The van der Waals surface area contributed by atoms with Crippen molar-refractivity contribution >= 4 is 17.5 Å². The summed E-state index contributed by atoms with van der Waals surface area (Å²) in [5, 5.41) is 7.86. The second kappa shape index (κ2) is 4.64. The first kappa shape index (κ1) is 10.6. The van der Waals surface area contributed by atoms with Gasteiger partial charge in [-0.15, -0.1) is 11.6 Å². The second-order valence-electron chi connectivity index (χ2n) is 2.88. The molecule has 0 saturated heterocycles. The average Bonchev–Trinajstić information content (AvgIpc) is 2.19. The fraction of sp³-hybridized carbons (Fsp3) is 0.200. The molecule has 4 heteroatoms. The first-order valence-electron chi connectivity index (χ1n) is 4.06. The number of hydrogen-bond acceptors (Lipinski definition) is 2. The molecule has 72 valence electrons. The van der Waals surface area contributed by atoms with E-state index in [2.05, 4.69) is 0 Å². The van der Waals surface area contributed by atoms with E-state index in [-0.39, 0.29) is 0 Å². The van der Waals surface area contributed by atoms with Gasteiger partial charge in [0.15, 0.2) is 0 Å². The number of alkyl halides is 1. The first-order valence-corrected chi connectivity index (χ1v) is 4.49. The SMILES string of the molecule is N#Cc1ccc(CC(Cl)C(N)=O)cc1. The van der Waals surface area contributed by atoms with Crippen LogP contribution in [0.15, 0.2) is 24.3 Å². The van der Waals surface area contributed by atoms with Gasteiger partial charge in [0.25, 0.3) is 0 Å². The van der Waals surface area contributed by atoms with Crippen LogP contribution in [0.5, 0.6) is 0 Å². The maximum atomic E-state index is 10.7. The Balaban J connectivity index is 2.70. The number of nitrogens with two attached hydrogens (primary N) is 1. The third-order valence-electron chi connectivity index (χ3n) is 1.81. The van der Waals surface area contributed by atoms with Crippen LogP contribution in [0, 0.1) is 11.3 Å². The van der Waals surface area contributed by atoms with Crippen molar-refractivity contribution in [3.8, 4) is 6.07 Å². The number of primary amides is 1. The minimum absolute atomic E-state index is 0.391. The lowest BCUT2D eigenvalue weighted by Crippen LogP contribution is -2.25. The number of benzene rings is 1. The van der Waals surface area contributed by atoms with Crippen molar-refractivity contribution in [2.75, 3.05) is 0 Å². The van der Waals surface area contributed by atoms with Crippen LogP contribution in [0.25, 0.3) is 0 Å². The average molecular weight is 209 g/mol. The van der Waals surface area contributed by atoms with Gasteiger partial charge in [-0.25, -0.2) is 0 Å². The quantitative estimate of drug-likeness (QED) is 0.759. The van der Waals surface area contributed by atoms with Crippen molar-refractivity contribution in [3.63, 3.8) is 0 Å². The van der Waals surface area contributed by atoms with E-state index in [1.54, 1.807) is 24.3 Å². The molecule has 1 aromatic rings. The molecule has 0 heterocycles. The van der Waals surface area contributed by atoms with E-state index in [4.69, 9.17) is 22.6 Å². The molecule has 0 fully saturated rings. The van der Waals surface area contributed by atoms with Gasteiger partial charge in [-0.05, 0) is 24.1 Å². The predicted octanol–water partition coefficient (Wildman–Crippen LogP) is 1.19. The van der Waals surface area contributed by atoms with Crippen molar-refractivity contribution in [2.45, 2.75) is 11.8 Å². The number of carbonyl (C=O) groups excluding carboxylic acids is 1. The molecule has 1 aromatic carbocycles. The van der Waals surface area contributed by atoms with E-state index in [1.807, 2.05) is 6.07 Å². The summed E-state index contributed by atoms with van der Waals surface area (Å²) in [5.41, 5.74) is 6.49. The third-order valence-corrected chi connectivity index (χ3v) is 2.18. The van der Waals surface area contributed by atoms with Crippen molar-refractivity contribution < 1.29 is 4.79 Å². The van der Waals surface area contributed by atoms with E-state index in [9.17, 15) is 4.79 Å². The number of nitrogens with zero attached hydrogens (tertiary/aromatic N) is 1. The van der Waals surface area contributed by atoms with Gasteiger partial charge < -0.3 is 5.73 Å². The summed E-state index contributed by atoms with van der Waals surface area (Å²) < 4.78 is 0. The molecule has 0 radical (unpaired) electrons. The Bertz CT molecular complexity index is 367. The van der Waals surface area contributed by atoms with Gasteiger partial charge in [0, 0.05) is 0 Å². The van der Waals surface area contributed by atoms with E-state index in [0.29, 0.717) is 12.0 Å². The van der Waals surface area contributed by atoms with E-state index < -0.39 is 11.3 Å². The third kappa shape index (κ3) is 2.75. The lowest BCUT2D eigenvalue weighted by atomic mass is 10.1.